The van der Waals surface area contributed by atoms with Crippen molar-refractivity contribution in [2.45, 2.75) is 53.6 Å². The van der Waals surface area contributed by atoms with Gasteiger partial charge in [0.2, 0.25) is 0 Å². The van der Waals surface area contributed by atoms with E-state index in [1.807, 2.05) is 32.9 Å². The Balaban J connectivity index is 2.20. The third kappa shape index (κ3) is 5.03. The lowest BCUT2D eigenvalue weighted by atomic mass is 10.0. The molecule has 0 spiro atoms. The highest BCUT2D eigenvalue weighted by Crippen LogP contribution is 2.38. The van der Waals surface area contributed by atoms with Crippen LogP contribution in [0.1, 0.15) is 53.4 Å². The van der Waals surface area contributed by atoms with Gasteiger partial charge in [0, 0.05) is 23.7 Å². The van der Waals surface area contributed by atoms with Gasteiger partial charge in [0.1, 0.15) is 28.4 Å². The number of nitrogens with two attached hydrogens (primary N) is 1. The Morgan fingerprint density at radius 2 is 1.80 bits per heavy atom. The van der Waals surface area contributed by atoms with E-state index in [9.17, 15) is 9.59 Å². The number of pyridine rings is 1. The quantitative estimate of drug-likeness (QED) is 0.500. The molecule has 0 atom stereocenters. The molecule has 9 heteroatoms. The number of methoxy groups -OCH3 is 2. The highest BCUT2D eigenvalue weighted by molar-refractivity contribution is 6.10. The second-order valence-electron chi connectivity index (χ2n) is 9.44. The van der Waals surface area contributed by atoms with Crippen LogP contribution in [-0.2, 0) is 15.9 Å². The molecule has 2 heterocycles. The van der Waals surface area contributed by atoms with Gasteiger partial charge < -0.3 is 25.3 Å². The monoisotopic (exact) mass is 482 g/mol. The molecule has 35 heavy (non-hydrogen) atoms. The lowest BCUT2D eigenvalue weighted by molar-refractivity contribution is 0.0527. The first-order chi connectivity index (χ1) is 16.4. The van der Waals surface area contributed by atoms with E-state index in [2.05, 4.69) is 10.3 Å². The highest BCUT2D eigenvalue weighted by Gasteiger charge is 2.28. The van der Waals surface area contributed by atoms with E-state index in [1.54, 1.807) is 38.6 Å². The van der Waals surface area contributed by atoms with Crippen LogP contribution in [0.3, 0.4) is 0 Å². The van der Waals surface area contributed by atoms with Crippen molar-refractivity contribution in [2.24, 2.45) is 0 Å². The van der Waals surface area contributed by atoms with Crippen molar-refractivity contribution in [3.05, 3.63) is 46.1 Å². The zero-order chi connectivity index (χ0) is 26.1. The van der Waals surface area contributed by atoms with E-state index in [4.69, 9.17) is 19.9 Å². The molecule has 1 amide bonds. The summed E-state index contributed by atoms with van der Waals surface area (Å²) in [4.78, 5) is 29.7. The number of anilines is 1. The minimum atomic E-state index is -0.597. The van der Waals surface area contributed by atoms with E-state index >= 15 is 0 Å². The largest absolute Gasteiger partial charge is 0.496 e. The summed E-state index contributed by atoms with van der Waals surface area (Å²) >= 11 is 0. The summed E-state index contributed by atoms with van der Waals surface area (Å²) in [5, 5.41) is 3.38. The number of alkyl carbamates (subject to hydrolysis) is 1. The van der Waals surface area contributed by atoms with Gasteiger partial charge in [0.05, 0.1) is 19.9 Å². The van der Waals surface area contributed by atoms with Crippen molar-refractivity contribution < 1.29 is 23.8 Å². The molecule has 0 saturated heterocycles. The van der Waals surface area contributed by atoms with E-state index < -0.39 is 17.7 Å². The van der Waals surface area contributed by atoms with Crippen LogP contribution in [0.15, 0.2) is 18.3 Å². The van der Waals surface area contributed by atoms with Crippen molar-refractivity contribution >= 4 is 28.9 Å². The number of nitrogens with zero attached hydrogens (tertiary/aromatic N) is 2. The summed E-state index contributed by atoms with van der Waals surface area (Å²) in [7, 11) is 2.93. The number of amides is 1. The summed E-state index contributed by atoms with van der Waals surface area (Å²) < 4.78 is 17.7. The number of aryl methyl sites for hydroxylation is 2. The van der Waals surface area contributed by atoms with Crippen molar-refractivity contribution in [3.63, 3.8) is 0 Å². The Hall–Kier alpha value is -3.75. The lowest BCUT2D eigenvalue weighted by Crippen LogP contribution is -2.33. The number of nitrogens with one attached hydrogen (secondary N) is 1. The van der Waals surface area contributed by atoms with Crippen molar-refractivity contribution in [2.75, 3.05) is 26.5 Å². The number of ether oxygens (including phenoxy) is 3. The molecule has 3 rings (SSSR count). The van der Waals surface area contributed by atoms with Gasteiger partial charge in [-0.25, -0.2) is 14.6 Å². The summed E-state index contributed by atoms with van der Waals surface area (Å²) in [6, 6.07) is 3.83. The topological polar surface area (TPSA) is 118 Å². The molecule has 0 saturated carbocycles. The van der Waals surface area contributed by atoms with Gasteiger partial charge in [-0.05, 0) is 70.7 Å². The van der Waals surface area contributed by atoms with Crippen LogP contribution in [0.2, 0.25) is 0 Å². The second-order valence-corrected chi connectivity index (χ2v) is 9.44. The molecule has 1 aromatic carbocycles. The number of esters is 1. The number of rotatable bonds is 6. The third-order valence-electron chi connectivity index (χ3n) is 5.80. The number of nitrogen functional groups attached to an aromatic ring is 1. The fourth-order valence-electron chi connectivity index (χ4n) is 4.26. The molecule has 0 aliphatic heterocycles. The fraction of sp³-hybridized carbons (Fsp3) is 0.423. The maximum absolute atomic E-state index is 12.9. The number of hydrogen-bond donors (Lipinski definition) is 2. The molecular weight excluding hydrogens is 448 g/mol. The van der Waals surface area contributed by atoms with Crippen LogP contribution in [0.4, 0.5) is 10.6 Å². The van der Waals surface area contributed by atoms with E-state index in [0.717, 1.165) is 27.9 Å². The van der Waals surface area contributed by atoms with Gasteiger partial charge in [-0.2, -0.15) is 0 Å². The van der Waals surface area contributed by atoms with Gasteiger partial charge in [-0.3, -0.25) is 4.57 Å². The van der Waals surface area contributed by atoms with Gasteiger partial charge >= 0.3 is 12.1 Å². The Kier molecular flexibility index (Phi) is 7.28. The number of aromatic nitrogens is 2. The van der Waals surface area contributed by atoms with Crippen LogP contribution < -0.4 is 15.8 Å². The minimum absolute atomic E-state index is 0.228. The van der Waals surface area contributed by atoms with Crippen LogP contribution in [0, 0.1) is 20.8 Å². The molecule has 188 valence electrons. The minimum Gasteiger partial charge on any atom is -0.496 e. The third-order valence-corrected chi connectivity index (χ3v) is 5.80. The molecule has 0 aliphatic carbocycles. The van der Waals surface area contributed by atoms with Crippen LogP contribution >= 0.6 is 0 Å². The Bertz CT molecular complexity index is 1290. The van der Waals surface area contributed by atoms with Crippen molar-refractivity contribution in [1.29, 1.82) is 0 Å². The molecule has 2 aromatic heterocycles. The predicted octanol–water partition coefficient (Wildman–Crippen LogP) is 4.40. The second kappa shape index (κ2) is 9.85. The van der Waals surface area contributed by atoms with E-state index in [1.165, 1.54) is 7.11 Å². The molecule has 3 N–H and O–H groups in total. The molecule has 0 unspecified atom stereocenters. The molecular formula is C26H34N4O5. The number of carbonyl (C=O) groups excluding carboxylic acids is 2. The summed E-state index contributed by atoms with van der Waals surface area (Å²) in [5.74, 6) is 0.365. The van der Waals surface area contributed by atoms with Crippen LogP contribution in [0.5, 0.6) is 5.75 Å². The normalized spacial score (nSPS) is 11.4. The maximum atomic E-state index is 12.9. The number of benzene rings is 1. The first kappa shape index (κ1) is 25.9. The fourth-order valence-corrected chi connectivity index (χ4v) is 4.26. The number of carbonyl (C=O) groups is 2. The predicted molar refractivity (Wildman–Crippen MR) is 136 cm³/mol. The maximum Gasteiger partial charge on any atom is 0.407 e. The lowest BCUT2D eigenvalue weighted by Gasteiger charge is -2.20. The van der Waals surface area contributed by atoms with Crippen LogP contribution in [-0.4, -0.2) is 48.0 Å². The van der Waals surface area contributed by atoms with Crippen molar-refractivity contribution in [1.82, 2.24) is 14.9 Å². The molecule has 0 radical (unpaired) electrons. The van der Waals surface area contributed by atoms with Crippen LogP contribution in [0.25, 0.3) is 16.7 Å². The van der Waals surface area contributed by atoms with Crippen molar-refractivity contribution in [3.8, 4) is 11.4 Å². The number of hydrogen-bond acceptors (Lipinski definition) is 7. The average Bonchev–Trinajstić information content (AvgIpc) is 3.06. The summed E-state index contributed by atoms with van der Waals surface area (Å²) in [6.07, 6.45) is 1.68. The highest BCUT2D eigenvalue weighted by atomic mass is 16.6. The molecule has 0 bridgehead atoms. The Labute approximate surface area is 205 Å². The zero-order valence-electron chi connectivity index (χ0n) is 21.7. The summed E-state index contributed by atoms with van der Waals surface area (Å²) in [5.41, 5.74) is 11.1. The first-order valence-corrected chi connectivity index (χ1v) is 11.4. The summed E-state index contributed by atoms with van der Waals surface area (Å²) in [6.45, 7) is 11.5. The van der Waals surface area contributed by atoms with Gasteiger partial charge in [-0.15, -0.1) is 0 Å². The SMILES string of the molecule is COC(=O)c1c(N)n(-c2c(C)ccc(OC)c2C)c2ncc(C)c(CCNC(=O)OC(C)(C)C)c12. The number of fused-ring (bicyclic) bond motifs is 1. The van der Waals surface area contributed by atoms with Gasteiger partial charge in [0.25, 0.3) is 0 Å². The molecule has 9 nitrogen and oxygen atoms in total. The van der Waals surface area contributed by atoms with E-state index in [-0.39, 0.29) is 11.4 Å². The Morgan fingerprint density at radius 3 is 2.40 bits per heavy atom. The zero-order valence-corrected chi connectivity index (χ0v) is 21.7. The standard InChI is InChI=1S/C26H34N4O5/c1-14-9-10-18(33-7)16(3)21(14)30-22(27)20(24(31)34-8)19-17(15(2)13-29-23(19)30)11-12-28-25(32)35-26(4,5)6/h9-10,13H,11-12,27H2,1-8H3,(H,28,32). The molecule has 0 aliphatic rings. The first-order valence-electron chi connectivity index (χ1n) is 11.4. The molecule has 3 aromatic rings. The average molecular weight is 483 g/mol. The Morgan fingerprint density at radius 1 is 1.11 bits per heavy atom. The van der Waals surface area contributed by atoms with Gasteiger partial charge in [-0.1, -0.05) is 6.07 Å². The molecule has 0 fully saturated rings. The smallest absolute Gasteiger partial charge is 0.407 e. The van der Waals surface area contributed by atoms with Gasteiger partial charge in [0.15, 0.2) is 0 Å². The van der Waals surface area contributed by atoms with E-state index in [0.29, 0.717) is 29.7 Å².